The maximum absolute atomic E-state index is 13.6. The van der Waals surface area contributed by atoms with E-state index in [1.807, 2.05) is 0 Å². The number of nitrogens with one attached hydrogen (secondary N) is 2. The smallest absolute Gasteiger partial charge is 0.257 e. The summed E-state index contributed by atoms with van der Waals surface area (Å²) in [5.41, 5.74) is 6.67. The van der Waals surface area contributed by atoms with Crippen LogP contribution in [0.1, 0.15) is 21.8 Å². The molecule has 1 saturated carbocycles. The molecule has 0 saturated heterocycles. The molecule has 1 fully saturated rings. The van der Waals surface area contributed by atoms with Gasteiger partial charge >= 0.3 is 0 Å². The first-order chi connectivity index (χ1) is 16.0. The van der Waals surface area contributed by atoms with Gasteiger partial charge in [0.2, 0.25) is 5.91 Å². The van der Waals surface area contributed by atoms with Crippen molar-refractivity contribution in [3.63, 3.8) is 0 Å². The van der Waals surface area contributed by atoms with Crippen LogP contribution in [0.4, 0.5) is 25.8 Å². The fourth-order valence-electron chi connectivity index (χ4n) is 3.65. The molecule has 176 valence electrons. The van der Waals surface area contributed by atoms with E-state index >= 15 is 0 Å². The Labute approximate surface area is 213 Å². The van der Waals surface area contributed by atoms with Gasteiger partial charge in [-0.2, -0.15) is 0 Å². The molecule has 0 aromatic heterocycles. The molecule has 0 radical (unpaired) electrons. The number of rotatable bonds is 5. The number of hydrogen-bond acceptors (Lipinski definition) is 3. The van der Waals surface area contributed by atoms with Crippen LogP contribution in [-0.2, 0) is 4.79 Å². The van der Waals surface area contributed by atoms with Crippen molar-refractivity contribution in [1.82, 2.24) is 0 Å². The zero-order valence-electron chi connectivity index (χ0n) is 17.0. The lowest BCUT2D eigenvalue weighted by atomic mass is 10.1. The Bertz CT molecular complexity index is 1300. The molecular weight excluding hydrogens is 530 g/mol. The van der Waals surface area contributed by atoms with E-state index < -0.39 is 39.6 Å². The number of amides is 2. The molecule has 2 amide bonds. The molecule has 2 atom stereocenters. The predicted molar refractivity (Wildman–Crippen MR) is 131 cm³/mol. The van der Waals surface area contributed by atoms with Crippen molar-refractivity contribution in [2.45, 2.75) is 10.3 Å². The monoisotopic (exact) mass is 543 g/mol. The number of benzene rings is 3. The summed E-state index contributed by atoms with van der Waals surface area (Å²) < 4.78 is 25.6. The van der Waals surface area contributed by atoms with Gasteiger partial charge < -0.3 is 16.4 Å². The zero-order valence-corrected chi connectivity index (χ0v) is 20.0. The van der Waals surface area contributed by atoms with Crippen LogP contribution in [0.25, 0.3) is 0 Å². The second kappa shape index (κ2) is 9.23. The highest BCUT2D eigenvalue weighted by Crippen LogP contribution is 2.65. The first-order valence-corrected chi connectivity index (χ1v) is 11.3. The molecule has 0 aliphatic heterocycles. The van der Waals surface area contributed by atoms with Crippen molar-refractivity contribution in [2.24, 2.45) is 5.92 Å². The molecule has 4 rings (SSSR count). The van der Waals surface area contributed by atoms with E-state index in [9.17, 15) is 18.4 Å². The van der Waals surface area contributed by atoms with Crippen LogP contribution in [0.3, 0.4) is 0 Å². The fraction of sp³-hybridized carbons (Fsp3) is 0.130. The molecular formula is C23H15Cl4F2N3O2. The third-order valence-corrected chi connectivity index (χ3v) is 6.85. The summed E-state index contributed by atoms with van der Waals surface area (Å²) in [6, 6.07) is 11.9. The molecule has 1 aliphatic rings. The summed E-state index contributed by atoms with van der Waals surface area (Å²) in [7, 11) is 0. The normalized spacial score (nSPS) is 18.3. The fourth-order valence-corrected chi connectivity index (χ4v) is 4.87. The summed E-state index contributed by atoms with van der Waals surface area (Å²) in [6.45, 7) is 0. The summed E-state index contributed by atoms with van der Waals surface area (Å²) in [4.78, 5) is 25.6. The Balaban J connectivity index is 1.51. The largest absolute Gasteiger partial charge is 0.399 e. The van der Waals surface area contributed by atoms with Crippen molar-refractivity contribution < 1.29 is 18.4 Å². The number of anilines is 3. The van der Waals surface area contributed by atoms with Gasteiger partial charge in [0.1, 0.15) is 16.0 Å². The molecule has 1 aliphatic carbocycles. The lowest BCUT2D eigenvalue weighted by Crippen LogP contribution is -2.18. The van der Waals surface area contributed by atoms with Gasteiger partial charge in [-0.05, 0) is 54.1 Å². The molecule has 3 aromatic rings. The highest BCUT2D eigenvalue weighted by atomic mass is 35.5. The van der Waals surface area contributed by atoms with E-state index in [-0.39, 0.29) is 32.7 Å². The molecule has 0 spiro atoms. The van der Waals surface area contributed by atoms with Crippen molar-refractivity contribution >= 4 is 75.3 Å². The predicted octanol–water partition coefficient (Wildman–Crippen LogP) is 6.63. The third-order valence-electron chi connectivity index (χ3n) is 5.30. The van der Waals surface area contributed by atoms with E-state index in [0.29, 0.717) is 5.56 Å². The number of nitrogens with two attached hydrogens (primary N) is 1. The molecule has 4 N–H and O–H groups in total. The van der Waals surface area contributed by atoms with E-state index in [2.05, 4.69) is 10.6 Å². The van der Waals surface area contributed by atoms with Crippen LogP contribution in [0.5, 0.6) is 0 Å². The summed E-state index contributed by atoms with van der Waals surface area (Å²) in [5, 5.41) is 5.16. The summed E-state index contributed by atoms with van der Waals surface area (Å²) in [6.07, 6.45) is 0. The van der Waals surface area contributed by atoms with Crippen molar-refractivity contribution in [1.29, 1.82) is 0 Å². The Morgan fingerprint density at radius 3 is 2.29 bits per heavy atom. The van der Waals surface area contributed by atoms with Gasteiger partial charge in [0, 0.05) is 23.0 Å². The number of carbonyl (C=O) groups is 2. The van der Waals surface area contributed by atoms with E-state index in [1.165, 1.54) is 42.5 Å². The third kappa shape index (κ3) is 4.93. The highest BCUT2D eigenvalue weighted by Gasteiger charge is 2.67. The lowest BCUT2D eigenvalue weighted by molar-refractivity contribution is -0.117. The van der Waals surface area contributed by atoms with Gasteiger partial charge in [0.15, 0.2) is 0 Å². The van der Waals surface area contributed by atoms with E-state index in [0.717, 1.165) is 12.1 Å². The second-order valence-electron chi connectivity index (χ2n) is 7.71. The van der Waals surface area contributed by atoms with Gasteiger partial charge in [-0.15, -0.1) is 23.2 Å². The molecule has 0 heterocycles. The minimum atomic E-state index is -1.42. The quantitative estimate of drug-likeness (QED) is 0.249. The average Bonchev–Trinajstić information content (AvgIpc) is 3.32. The Kier molecular flexibility index (Phi) is 6.66. The lowest BCUT2D eigenvalue weighted by Gasteiger charge is -2.11. The first-order valence-electron chi connectivity index (χ1n) is 9.78. The maximum atomic E-state index is 13.6. The van der Waals surface area contributed by atoms with E-state index in [1.54, 1.807) is 0 Å². The van der Waals surface area contributed by atoms with Gasteiger partial charge in [-0.25, -0.2) is 8.78 Å². The number of hydrogen-bond donors (Lipinski definition) is 3. The Morgan fingerprint density at radius 2 is 1.62 bits per heavy atom. The molecule has 0 bridgehead atoms. The summed E-state index contributed by atoms with van der Waals surface area (Å²) in [5.74, 6) is -3.82. The van der Waals surface area contributed by atoms with Crippen LogP contribution in [-0.4, -0.2) is 16.1 Å². The molecule has 3 aromatic carbocycles. The van der Waals surface area contributed by atoms with Crippen LogP contribution in [0.15, 0.2) is 54.6 Å². The topological polar surface area (TPSA) is 84.2 Å². The molecule has 34 heavy (non-hydrogen) atoms. The molecule has 5 nitrogen and oxygen atoms in total. The molecule has 11 heteroatoms. The van der Waals surface area contributed by atoms with Crippen LogP contribution in [0.2, 0.25) is 10.0 Å². The number of carbonyl (C=O) groups excluding carboxylic acids is 2. The highest BCUT2D eigenvalue weighted by molar-refractivity contribution is 6.53. The summed E-state index contributed by atoms with van der Waals surface area (Å²) >= 11 is 24.6. The van der Waals surface area contributed by atoms with Crippen LogP contribution in [0, 0.1) is 17.6 Å². The van der Waals surface area contributed by atoms with Gasteiger partial charge in [0.25, 0.3) is 5.91 Å². The number of halogens is 6. The van der Waals surface area contributed by atoms with Crippen molar-refractivity contribution in [2.75, 3.05) is 16.4 Å². The maximum Gasteiger partial charge on any atom is 0.257 e. The first kappa shape index (κ1) is 24.5. The number of alkyl halides is 2. The number of nitrogen functional groups attached to an aromatic ring is 1. The minimum absolute atomic E-state index is 0.0305. The Morgan fingerprint density at radius 1 is 0.882 bits per heavy atom. The standard InChI is InChI=1S/C23H15Cl4F2N3O2/c24-16-3-2-13(9-15(16)21(33)32-14-7-11(28)6-12(30)8-14)31-22(34)20-19(23(20,26)27)10-1-4-18(29)17(25)5-10/h1-9,19-20H,30H2,(H,31,34)(H,32,33)/t19-,20?/m0/s1. The molecule has 1 unspecified atom stereocenters. The van der Waals surface area contributed by atoms with Crippen molar-refractivity contribution in [3.8, 4) is 0 Å². The minimum Gasteiger partial charge on any atom is -0.399 e. The van der Waals surface area contributed by atoms with E-state index in [4.69, 9.17) is 52.1 Å². The zero-order chi connectivity index (χ0) is 24.8. The van der Waals surface area contributed by atoms with Crippen LogP contribution >= 0.6 is 46.4 Å². The van der Waals surface area contributed by atoms with Crippen molar-refractivity contribution in [3.05, 3.63) is 87.4 Å². The van der Waals surface area contributed by atoms with Gasteiger partial charge in [-0.1, -0.05) is 29.3 Å². The second-order valence-corrected chi connectivity index (χ2v) is 9.97. The van der Waals surface area contributed by atoms with Gasteiger partial charge in [0.05, 0.1) is 21.5 Å². The van der Waals surface area contributed by atoms with Crippen LogP contribution < -0.4 is 16.4 Å². The van der Waals surface area contributed by atoms with Gasteiger partial charge in [-0.3, -0.25) is 9.59 Å². The Hall–Kier alpha value is -2.58. The average molecular weight is 545 g/mol. The SMILES string of the molecule is Nc1cc(F)cc(NC(=O)c2cc(NC(=O)C3[C@H](c4ccc(F)c(Cl)c4)C3(Cl)Cl)ccc2Cl)c1.